The van der Waals surface area contributed by atoms with Crippen LogP contribution in [0.15, 0.2) is 0 Å². The highest BCUT2D eigenvalue weighted by Gasteiger charge is 2.45. The fraction of sp³-hybridized carbons (Fsp3) is 0.938. The van der Waals surface area contributed by atoms with Crippen LogP contribution in [0, 0.1) is 5.41 Å². The molecule has 3 rings (SSSR count). The highest BCUT2D eigenvalue weighted by atomic mass is 16.7. The van der Waals surface area contributed by atoms with Gasteiger partial charge in [0, 0.05) is 25.4 Å². The van der Waals surface area contributed by atoms with Gasteiger partial charge in [0.05, 0.1) is 18.6 Å². The Morgan fingerprint density at radius 3 is 2.48 bits per heavy atom. The number of carboxylic acids is 1. The van der Waals surface area contributed by atoms with Gasteiger partial charge in [-0.15, -0.1) is 0 Å². The highest BCUT2D eigenvalue weighted by molar-refractivity contribution is 5.75. The van der Waals surface area contributed by atoms with Crippen molar-refractivity contribution in [2.75, 3.05) is 26.3 Å². The number of carboxylic acid groups (broad SMARTS) is 1. The molecule has 2 heterocycles. The lowest BCUT2D eigenvalue weighted by molar-refractivity contribution is -0.186. The van der Waals surface area contributed by atoms with Gasteiger partial charge in [0.2, 0.25) is 0 Å². The lowest BCUT2D eigenvalue weighted by Crippen LogP contribution is -2.53. The van der Waals surface area contributed by atoms with Crippen LogP contribution in [-0.4, -0.2) is 54.1 Å². The first-order valence-electron chi connectivity index (χ1n) is 8.35. The summed E-state index contributed by atoms with van der Waals surface area (Å²) in [5.41, 5.74) is -0.534. The highest BCUT2D eigenvalue weighted by Crippen LogP contribution is 2.40. The molecule has 1 unspecified atom stereocenters. The Morgan fingerprint density at radius 2 is 1.90 bits per heavy atom. The Morgan fingerprint density at radius 1 is 1.24 bits per heavy atom. The maximum absolute atomic E-state index is 11.7. The number of piperidine rings is 1. The first-order chi connectivity index (χ1) is 10.1. The third kappa shape index (κ3) is 2.83. The number of aliphatic carboxylic acids is 1. The molecular formula is C16H27NO4. The Hall–Kier alpha value is -0.650. The number of hydrogen-bond acceptors (Lipinski definition) is 4. The van der Waals surface area contributed by atoms with Crippen molar-refractivity contribution >= 4 is 5.97 Å². The van der Waals surface area contributed by atoms with E-state index in [0.29, 0.717) is 25.8 Å². The van der Waals surface area contributed by atoms with E-state index >= 15 is 0 Å². The number of likely N-dealkylation sites (tertiary alicyclic amines) is 1. The molecule has 5 nitrogen and oxygen atoms in total. The average Bonchev–Trinajstić information content (AvgIpc) is 2.96. The van der Waals surface area contributed by atoms with Crippen LogP contribution in [0.1, 0.15) is 51.9 Å². The van der Waals surface area contributed by atoms with E-state index in [4.69, 9.17) is 9.47 Å². The molecular weight excluding hydrogens is 270 g/mol. The molecule has 1 aliphatic carbocycles. The molecule has 3 fully saturated rings. The molecule has 2 saturated heterocycles. The number of hydrogen-bond donors (Lipinski definition) is 1. The summed E-state index contributed by atoms with van der Waals surface area (Å²) in [6.45, 7) is 5.18. The predicted octanol–water partition coefficient (Wildman–Crippen LogP) is 2.25. The van der Waals surface area contributed by atoms with Crippen LogP contribution >= 0.6 is 0 Å². The van der Waals surface area contributed by atoms with Crippen LogP contribution in [0.5, 0.6) is 0 Å². The Balaban J connectivity index is 1.61. The molecule has 1 saturated carbocycles. The zero-order chi connectivity index (χ0) is 14.9. The quantitative estimate of drug-likeness (QED) is 0.866. The molecule has 0 aromatic heterocycles. The van der Waals surface area contributed by atoms with E-state index in [9.17, 15) is 9.90 Å². The van der Waals surface area contributed by atoms with Gasteiger partial charge in [-0.3, -0.25) is 9.69 Å². The molecule has 0 bridgehead atoms. The zero-order valence-electron chi connectivity index (χ0n) is 13.0. The standard InChI is InChI=1S/C16H27NO4/c1-2-15(14(18)19)6-3-9-17(12-15)13-4-7-16(8-5-13)20-10-11-21-16/h13H,2-12H2,1H3,(H,18,19). The predicted molar refractivity (Wildman–Crippen MR) is 78.1 cm³/mol. The summed E-state index contributed by atoms with van der Waals surface area (Å²) in [4.78, 5) is 14.1. The number of nitrogens with zero attached hydrogens (tertiary/aromatic N) is 1. The fourth-order valence-corrected chi connectivity index (χ4v) is 4.29. The molecule has 5 heteroatoms. The topological polar surface area (TPSA) is 59.0 Å². The van der Waals surface area contributed by atoms with Crippen LogP contribution in [0.2, 0.25) is 0 Å². The van der Waals surface area contributed by atoms with Crippen molar-refractivity contribution in [3.05, 3.63) is 0 Å². The maximum atomic E-state index is 11.7. The second-order valence-corrected chi connectivity index (χ2v) is 6.85. The van der Waals surface area contributed by atoms with E-state index in [1.807, 2.05) is 6.92 Å². The summed E-state index contributed by atoms with van der Waals surface area (Å²) < 4.78 is 11.6. The molecule has 2 aliphatic heterocycles. The smallest absolute Gasteiger partial charge is 0.310 e. The van der Waals surface area contributed by atoms with Gasteiger partial charge >= 0.3 is 5.97 Å². The van der Waals surface area contributed by atoms with Crippen molar-refractivity contribution in [1.82, 2.24) is 4.90 Å². The fourth-order valence-electron chi connectivity index (χ4n) is 4.29. The van der Waals surface area contributed by atoms with Crippen LogP contribution in [0.3, 0.4) is 0 Å². The molecule has 120 valence electrons. The summed E-state index contributed by atoms with van der Waals surface area (Å²) in [6, 6.07) is 0.494. The second kappa shape index (κ2) is 5.86. The molecule has 0 amide bonds. The first-order valence-corrected chi connectivity index (χ1v) is 8.35. The number of rotatable bonds is 3. The number of carbonyl (C=O) groups is 1. The molecule has 1 N–H and O–H groups in total. The maximum Gasteiger partial charge on any atom is 0.310 e. The summed E-state index contributed by atoms with van der Waals surface area (Å²) in [5.74, 6) is -0.939. The Labute approximate surface area is 126 Å². The Bertz CT molecular complexity index is 384. The van der Waals surface area contributed by atoms with E-state index in [-0.39, 0.29) is 5.79 Å². The normalized spacial score (nSPS) is 34.3. The van der Waals surface area contributed by atoms with Gasteiger partial charge in [0.25, 0.3) is 0 Å². The van der Waals surface area contributed by atoms with Gasteiger partial charge in [-0.05, 0) is 38.6 Å². The van der Waals surface area contributed by atoms with E-state index in [1.165, 1.54) is 0 Å². The van der Waals surface area contributed by atoms with Crippen molar-refractivity contribution in [2.24, 2.45) is 5.41 Å². The van der Waals surface area contributed by atoms with Crippen molar-refractivity contribution in [1.29, 1.82) is 0 Å². The van der Waals surface area contributed by atoms with Crippen LogP contribution in [-0.2, 0) is 14.3 Å². The lowest BCUT2D eigenvalue weighted by Gasteiger charge is -2.46. The third-order valence-electron chi connectivity index (χ3n) is 5.78. The van der Waals surface area contributed by atoms with E-state index < -0.39 is 11.4 Å². The summed E-state index contributed by atoms with van der Waals surface area (Å²) in [5, 5.41) is 9.61. The molecule has 0 aromatic rings. The van der Waals surface area contributed by atoms with Crippen LogP contribution in [0.4, 0.5) is 0 Å². The molecule has 0 radical (unpaired) electrons. The van der Waals surface area contributed by atoms with E-state index in [1.54, 1.807) is 0 Å². The minimum atomic E-state index is -0.621. The van der Waals surface area contributed by atoms with E-state index in [0.717, 1.165) is 51.5 Å². The van der Waals surface area contributed by atoms with Gasteiger partial charge in [-0.25, -0.2) is 0 Å². The van der Waals surface area contributed by atoms with Gasteiger partial charge in [0.15, 0.2) is 5.79 Å². The van der Waals surface area contributed by atoms with Gasteiger partial charge in [-0.2, -0.15) is 0 Å². The summed E-state index contributed by atoms with van der Waals surface area (Å²) >= 11 is 0. The SMILES string of the molecule is CCC1(C(=O)O)CCCN(C2CCC3(CC2)OCCO3)C1. The summed E-state index contributed by atoms with van der Waals surface area (Å²) in [6.07, 6.45) is 6.54. The molecule has 0 aromatic carbocycles. The van der Waals surface area contributed by atoms with Gasteiger partial charge < -0.3 is 14.6 Å². The second-order valence-electron chi connectivity index (χ2n) is 6.85. The lowest BCUT2D eigenvalue weighted by atomic mass is 9.76. The van der Waals surface area contributed by atoms with Crippen LogP contribution in [0.25, 0.3) is 0 Å². The van der Waals surface area contributed by atoms with Gasteiger partial charge in [-0.1, -0.05) is 6.92 Å². The van der Waals surface area contributed by atoms with Crippen molar-refractivity contribution in [3.8, 4) is 0 Å². The van der Waals surface area contributed by atoms with E-state index in [2.05, 4.69) is 4.90 Å². The molecule has 21 heavy (non-hydrogen) atoms. The molecule has 1 atom stereocenters. The van der Waals surface area contributed by atoms with Crippen molar-refractivity contribution in [2.45, 2.75) is 63.7 Å². The van der Waals surface area contributed by atoms with Crippen LogP contribution < -0.4 is 0 Å². The average molecular weight is 297 g/mol. The third-order valence-corrected chi connectivity index (χ3v) is 5.78. The first kappa shape index (κ1) is 15.3. The molecule has 1 spiro atoms. The Kier molecular flexibility index (Phi) is 4.26. The van der Waals surface area contributed by atoms with Gasteiger partial charge in [0.1, 0.15) is 0 Å². The summed E-state index contributed by atoms with van der Waals surface area (Å²) in [7, 11) is 0. The number of ether oxygens (including phenoxy) is 2. The largest absolute Gasteiger partial charge is 0.481 e. The minimum absolute atomic E-state index is 0.319. The van der Waals surface area contributed by atoms with Crippen molar-refractivity contribution in [3.63, 3.8) is 0 Å². The zero-order valence-corrected chi connectivity index (χ0v) is 13.0. The monoisotopic (exact) mass is 297 g/mol. The minimum Gasteiger partial charge on any atom is -0.481 e. The van der Waals surface area contributed by atoms with Crippen molar-refractivity contribution < 1.29 is 19.4 Å². The molecule has 3 aliphatic rings.